The molecule has 1 heterocycles. The molecule has 2 atom stereocenters. The van der Waals surface area contributed by atoms with Gasteiger partial charge >= 0.3 is 0 Å². The summed E-state index contributed by atoms with van der Waals surface area (Å²) < 4.78 is 5.52. The number of rotatable bonds is 5. The normalized spacial score (nSPS) is 22.2. The summed E-state index contributed by atoms with van der Waals surface area (Å²) in [4.78, 5) is 0. The Labute approximate surface area is 96.4 Å². The summed E-state index contributed by atoms with van der Waals surface area (Å²) >= 11 is 0. The quantitative estimate of drug-likeness (QED) is 0.791. The lowest BCUT2D eigenvalue weighted by Gasteiger charge is -2.14. The van der Waals surface area contributed by atoms with Crippen LogP contribution in [-0.4, -0.2) is 30.9 Å². The van der Waals surface area contributed by atoms with E-state index in [-0.39, 0.29) is 0 Å². The highest BCUT2D eigenvalue weighted by Gasteiger charge is 2.14. The number of ether oxygens (including phenoxy) is 1. The van der Waals surface area contributed by atoms with E-state index >= 15 is 0 Å². The molecule has 0 saturated carbocycles. The lowest BCUT2D eigenvalue weighted by molar-refractivity contribution is 0.0285. The van der Waals surface area contributed by atoms with Gasteiger partial charge in [0, 0.05) is 6.04 Å². The molecule has 3 heteroatoms. The van der Waals surface area contributed by atoms with Crippen LogP contribution >= 0.6 is 0 Å². The summed E-state index contributed by atoms with van der Waals surface area (Å²) in [5.41, 5.74) is 0.918. The molecule has 1 aliphatic heterocycles. The van der Waals surface area contributed by atoms with Gasteiger partial charge in [-0.05, 0) is 24.9 Å². The first-order valence-corrected chi connectivity index (χ1v) is 5.90. The largest absolute Gasteiger partial charge is 0.386 e. The van der Waals surface area contributed by atoms with Gasteiger partial charge in [0.15, 0.2) is 0 Å². The predicted octanol–water partition coefficient (Wildman–Crippen LogP) is 1.49. The van der Waals surface area contributed by atoms with Crippen molar-refractivity contribution in [1.82, 2.24) is 5.32 Å². The van der Waals surface area contributed by atoms with Gasteiger partial charge in [-0.15, -0.1) is 0 Å². The molecular formula is C13H19NO2. The molecular weight excluding hydrogens is 202 g/mol. The molecule has 1 aliphatic rings. The van der Waals surface area contributed by atoms with E-state index in [9.17, 15) is 5.11 Å². The van der Waals surface area contributed by atoms with Crippen LogP contribution in [0.25, 0.3) is 0 Å². The fraction of sp³-hybridized carbons (Fsp3) is 0.538. The van der Waals surface area contributed by atoms with Crippen LogP contribution in [0.5, 0.6) is 0 Å². The Bertz CT molecular complexity index is 296. The fourth-order valence-electron chi connectivity index (χ4n) is 1.99. The summed E-state index contributed by atoms with van der Waals surface area (Å²) in [6.45, 7) is 2.17. The number of nitrogens with one attached hydrogen (secondary N) is 1. The summed E-state index contributed by atoms with van der Waals surface area (Å²) in [6.07, 6.45) is 1.90. The van der Waals surface area contributed by atoms with E-state index in [0.717, 1.165) is 12.1 Å². The van der Waals surface area contributed by atoms with Crippen LogP contribution in [0, 0.1) is 0 Å². The maximum atomic E-state index is 9.85. The maximum absolute atomic E-state index is 9.85. The van der Waals surface area contributed by atoms with E-state index in [2.05, 4.69) is 5.32 Å². The lowest BCUT2D eigenvalue weighted by Crippen LogP contribution is -2.27. The van der Waals surface area contributed by atoms with Gasteiger partial charge in [-0.25, -0.2) is 0 Å². The molecule has 88 valence electrons. The van der Waals surface area contributed by atoms with Crippen LogP contribution in [0.15, 0.2) is 30.3 Å². The second-order valence-corrected chi connectivity index (χ2v) is 4.26. The summed E-state index contributed by atoms with van der Waals surface area (Å²) in [7, 11) is 0. The van der Waals surface area contributed by atoms with Crippen LogP contribution in [-0.2, 0) is 4.74 Å². The number of aliphatic hydroxyl groups excluding tert-OH is 1. The van der Waals surface area contributed by atoms with E-state index in [4.69, 9.17) is 4.74 Å². The number of hydrogen-bond donors (Lipinski definition) is 2. The molecule has 0 bridgehead atoms. The lowest BCUT2D eigenvalue weighted by atomic mass is 10.1. The molecule has 3 nitrogen and oxygen atoms in total. The number of aliphatic hydroxyl groups is 1. The van der Waals surface area contributed by atoms with Gasteiger partial charge in [-0.1, -0.05) is 30.3 Å². The summed E-state index contributed by atoms with van der Waals surface area (Å²) in [5.74, 6) is 0. The molecule has 0 spiro atoms. The van der Waals surface area contributed by atoms with E-state index in [1.807, 2.05) is 30.3 Å². The molecule has 1 aromatic carbocycles. The van der Waals surface area contributed by atoms with Crippen molar-refractivity contribution in [3.63, 3.8) is 0 Å². The Hall–Kier alpha value is -0.900. The van der Waals surface area contributed by atoms with E-state index in [1.54, 1.807) is 0 Å². The maximum Gasteiger partial charge on any atom is 0.102 e. The third-order valence-corrected chi connectivity index (χ3v) is 2.94. The van der Waals surface area contributed by atoms with Gasteiger partial charge in [-0.3, -0.25) is 0 Å². The van der Waals surface area contributed by atoms with Crippen LogP contribution < -0.4 is 5.32 Å². The molecule has 1 aromatic rings. The highest BCUT2D eigenvalue weighted by molar-refractivity contribution is 5.17. The van der Waals surface area contributed by atoms with Gasteiger partial charge in [0.05, 0.1) is 13.2 Å². The Kier molecular flexibility index (Phi) is 4.34. The van der Waals surface area contributed by atoms with E-state index in [0.29, 0.717) is 19.3 Å². The van der Waals surface area contributed by atoms with Crippen molar-refractivity contribution in [3.8, 4) is 0 Å². The molecule has 1 saturated heterocycles. The van der Waals surface area contributed by atoms with Crippen molar-refractivity contribution in [2.75, 3.05) is 19.8 Å². The number of benzene rings is 1. The molecule has 0 amide bonds. The molecule has 16 heavy (non-hydrogen) atoms. The van der Waals surface area contributed by atoms with Crippen molar-refractivity contribution in [3.05, 3.63) is 35.9 Å². The first-order chi connectivity index (χ1) is 7.86. The average molecular weight is 221 g/mol. The van der Waals surface area contributed by atoms with E-state index < -0.39 is 6.10 Å². The highest BCUT2D eigenvalue weighted by Crippen LogP contribution is 2.13. The monoisotopic (exact) mass is 221 g/mol. The molecule has 0 aromatic heterocycles. The Morgan fingerprint density at radius 1 is 1.38 bits per heavy atom. The SMILES string of the molecule is OC(COCC1CCCN1)c1ccccc1. The minimum absolute atomic E-state index is 0.377. The van der Waals surface area contributed by atoms with Crippen molar-refractivity contribution in [1.29, 1.82) is 0 Å². The van der Waals surface area contributed by atoms with Crippen LogP contribution in [0.2, 0.25) is 0 Å². The van der Waals surface area contributed by atoms with Gasteiger partial charge in [-0.2, -0.15) is 0 Å². The highest BCUT2D eigenvalue weighted by atomic mass is 16.5. The van der Waals surface area contributed by atoms with Crippen LogP contribution in [0.4, 0.5) is 0 Å². The first kappa shape index (κ1) is 11.6. The Morgan fingerprint density at radius 2 is 2.19 bits per heavy atom. The van der Waals surface area contributed by atoms with Gasteiger partial charge < -0.3 is 15.2 Å². The minimum Gasteiger partial charge on any atom is -0.386 e. The zero-order valence-corrected chi connectivity index (χ0v) is 9.43. The molecule has 0 radical (unpaired) electrons. The van der Waals surface area contributed by atoms with Crippen LogP contribution in [0.3, 0.4) is 0 Å². The molecule has 0 aliphatic carbocycles. The zero-order valence-electron chi connectivity index (χ0n) is 9.43. The molecule has 2 N–H and O–H groups in total. The third-order valence-electron chi connectivity index (χ3n) is 2.94. The van der Waals surface area contributed by atoms with Gasteiger partial charge in [0.2, 0.25) is 0 Å². The summed E-state index contributed by atoms with van der Waals surface area (Å²) in [6, 6.07) is 10.1. The fourth-order valence-corrected chi connectivity index (χ4v) is 1.99. The van der Waals surface area contributed by atoms with Crippen LogP contribution in [0.1, 0.15) is 24.5 Å². The zero-order chi connectivity index (χ0) is 11.2. The van der Waals surface area contributed by atoms with Gasteiger partial charge in [0.1, 0.15) is 6.10 Å². The van der Waals surface area contributed by atoms with E-state index in [1.165, 1.54) is 12.8 Å². The molecule has 1 fully saturated rings. The third kappa shape index (κ3) is 3.30. The molecule has 2 unspecified atom stereocenters. The van der Waals surface area contributed by atoms with Crippen molar-refractivity contribution < 1.29 is 9.84 Å². The Balaban J connectivity index is 1.69. The average Bonchev–Trinajstić information content (AvgIpc) is 2.83. The second kappa shape index (κ2) is 5.99. The smallest absolute Gasteiger partial charge is 0.102 e. The van der Waals surface area contributed by atoms with Crippen molar-refractivity contribution in [2.24, 2.45) is 0 Å². The minimum atomic E-state index is -0.511. The van der Waals surface area contributed by atoms with Crippen molar-refractivity contribution in [2.45, 2.75) is 25.0 Å². The second-order valence-electron chi connectivity index (χ2n) is 4.26. The summed E-state index contributed by atoms with van der Waals surface area (Å²) in [5, 5.41) is 13.2. The Morgan fingerprint density at radius 3 is 2.88 bits per heavy atom. The standard InChI is InChI=1S/C13H19NO2/c15-13(11-5-2-1-3-6-11)10-16-9-12-7-4-8-14-12/h1-3,5-6,12-15H,4,7-10H2. The predicted molar refractivity (Wildman–Crippen MR) is 63.2 cm³/mol. The number of hydrogen-bond acceptors (Lipinski definition) is 3. The first-order valence-electron chi connectivity index (χ1n) is 5.90. The van der Waals surface area contributed by atoms with Gasteiger partial charge in [0.25, 0.3) is 0 Å². The molecule has 2 rings (SSSR count). The topological polar surface area (TPSA) is 41.5 Å². The van der Waals surface area contributed by atoms with Crippen molar-refractivity contribution >= 4 is 0 Å².